The minimum Gasteiger partial charge on any atom is -0.494 e. The van der Waals surface area contributed by atoms with Gasteiger partial charge in [-0.05, 0) is 19.1 Å². The number of carbonyl (C=O) groups excluding carboxylic acids is 1. The van der Waals surface area contributed by atoms with Crippen LogP contribution in [0.25, 0.3) is 11.1 Å². The predicted octanol–water partition coefficient (Wildman–Crippen LogP) is 4.33. The molecule has 0 unspecified atom stereocenters. The molecule has 146 valence electrons. The summed E-state index contributed by atoms with van der Waals surface area (Å²) >= 11 is 6.60. The highest BCUT2D eigenvalue weighted by Crippen LogP contribution is 2.35. The fourth-order valence-electron chi connectivity index (χ4n) is 2.37. The number of methoxy groups -OCH3 is 1. The van der Waals surface area contributed by atoms with Crippen LogP contribution < -0.4 is 10.1 Å². The lowest BCUT2D eigenvalue weighted by Crippen LogP contribution is -2.14. The molecule has 0 aliphatic carbocycles. The van der Waals surface area contributed by atoms with E-state index in [2.05, 4.69) is 25.5 Å². The van der Waals surface area contributed by atoms with Crippen LogP contribution in [0.3, 0.4) is 0 Å². The lowest BCUT2D eigenvalue weighted by atomic mass is 10.0. The number of hydrogen-bond donors (Lipinski definition) is 1. The van der Waals surface area contributed by atoms with E-state index in [1.165, 1.54) is 19.5 Å². The molecule has 7 nitrogen and oxygen atoms in total. The molecule has 1 amide bonds. The van der Waals surface area contributed by atoms with Crippen LogP contribution in [-0.2, 0) is 5.92 Å². The van der Waals surface area contributed by atoms with Crippen LogP contribution in [0.5, 0.6) is 5.75 Å². The van der Waals surface area contributed by atoms with Gasteiger partial charge in [0.05, 0.1) is 18.9 Å². The molecule has 0 aliphatic rings. The van der Waals surface area contributed by atoms with Crippen molar-refractivity contribution in [1.82, 2.24) is 20.2 Å². The lowest BCUT2D eigenvalue weighted by Gasteiger charge is -2.13. The van der Waals surface area contributed by atoms with E-state index in [-0.39, 0.29) is 15.8 Å². The minimum atomic E-state index is -3.14. The number of carbonyl (C=O) groups is 1. The van der Waals surface area contributed by atoms with E-state index < -0.39 is 16.8 Å². The summed E-state index contributed by atoms with van der Waals surface area (Å²) in [6.45, 7) is 2.47. The smallest absolute Gasteiger partial charge is 0.298 e. The lowest BCUT2D eigenvalue weighted by molar-refractivity contribution is 0.0165. The molecule has 0 bridgehead atoms. The van der Waals surface area contributed by atoms with Crippen LogP contribution in [0.15, 0.2) is 24.5 Å². The average molecular weight is 426 g/mol. The molecule has 0 atom stereocenters. The average Bonchev–Trinajstić information content (AvgIpc) is 3.10. The minimum absolute atomic E-state index is 0.0484. The number of anilines is 1. The highest BCUT2D eigenvalue weighted by atomic mass is 35.5. The van der Waals surface area contributed by atoms with Crippen molar-refractivity contribution in [2.24, 2.45) is 0 Å². The van der Waals surface area contributed by atoms with Gasteiger partial charge in [0.15, 0.2) is 5.01 Å². The van der Waals surface area contributed by atoms with Crippen molar-refractivity contribution in [1.29, 1.82) is 0 Å². The maximum Gasteiger partial charge on any atom is 0.298 e. The van der Waals surface area contributed by atoms with Gasteiger partial charge in [-0.25, -0.2) is 4.98 Å². The van der Waals surface area contributed by atoms with Crippen molar-refractivity contribution < 1.29 is 18.3 Å². The first-order valence-electron chi connectivity index (χ1n) is 7.88. The molecule has 3 aromatic heterocycles. The number of rotatable bonds is 5. The zero-order chi connectivity index (χ0) is 20.5. The van der Waals surface area contributed by atoms with Crippen molar-refractivity contribution in [2.75, 3.05) is 12.4 Å². The third-order valence-electron chi connectivity index (χ3n) is 3.65. The summed E-state index contributed by atoms with van der Waals surface area (Å²) in [6.07, 6.45) is 2.82. The standard InChI is InChI=1S/C17H14ClF2N5O2S/c1-8-4-9(10-5-13(18)22-7-12(10)27-3)11(6-21-8)14(26)23-16-25-24-15(28-16)17(2,19)20/h4-7H,1-3H3,(H,23,25,26). The maximum absolute atomic E-state index is 13.3. The van der Waals surface area contributed by atoms with Gasteiger partial charge in [0.25, 0.3) is 11.8 Å². The summed E-state index contributed by atoms with van der Waals surface area (Å²) in [7, 11) is 1.47. The molecule has 28 heavy (non-hydrogen) atoms. The summed E-state index contributed by atoms with van der Waals surface area (Å²) in [6, 6.07) is 3.25. The van der Waals surface area contributed by atoms with Crippen molar-refractivity contribution in [3.63, 3.8) is 0 Å². The molecule has 11 heteroatoms. The van der Waals surface area contributed by atoms with Crippen LogP contribution >= 0.6 is 22.9 Å². The Kier molecular flexibility index (Phi) is 5.52. The van der Waals surface area contributed by atoms with Gasteiger partial charge >= 0.3 is 0 Å². The Labute approximate surface area is 167 Å². The number of alkyl halides is 2. The fraction of sp³-hybridized carbons (Fsp3) is 0.235. The van der Waals surface area contributed by atoms with Gasteiger partial charge in [-0.2, -0.15) is 8.78 Å². The highest BCUT2D eigenvalue weighted by molar-refractivity contribution is 7.15. The second-order valence-electron chi connectivity index (χ2n) is 5.83. The van der Waals surface area contributed by atoms with Crippen molar-refractivity contribution >= 4 is 34.0 Å². The van der Waals surface area contributed by atoms with E-state index in [9.17, 15) is 13.6 Å². The van der Waals surface area contributed by atoms with Gasteiger partial charge in [-0.3, -0.25) is 15.1 Å². The molecular formula is C17H14ClF2N5O2S. The van der Waals surface area contributed by atoms with Gasteiger partial charge in [0.1, 0.15) is 10.9 Å². The number of nitrogens with zero attached hydrogens (tertiary/aromatic N) is 4. The molecule has 0 spiro atoms. The zero-order valence-corrected chi connectivity index (χ0v) is 16.5. The van der Waals surface area contributed by atoms with Crippen LogP contribution in [0.2, 0.25) is 5.15 Å². The van der Waals surface area contributed by atoms with Gasteiger partial charge in [0, 0.05) is 29.9 Å². The van der Waals surface area contributed by atoms with E-state index >= 15 is 0 Å². The molecule has 3 heterocycles. The number of nitrogens with one attached hydrogen (secondary N) is 1. The summed E-state index contributed by atoms with van der Waals surface area (Å²) in [4.78, 5) is 20.9. The monoisotopic (exact) mass is 425 g/mol. The van der Waals surface area contributed by atoms with Gasteiger partial charge in [-0.1, -0.05) is 22.9 Å². The van der Waals surface area contributed by atoms with Crippen molar-refractivity contribution in [3.05, 3.63) is 45.9 Å². The Morgan fingerprint density at radius 2 is 1.96 bits per heavy atom. The molecule has 3 rings (SSSR count). The summed E-state index contributed by atoms with van der Waals surface area (Å²) in [5.74, 6) is -3.31. The molecule has 0 saturated heterocycles. The van der Waals surface area contributed by atoms with E-state index in [0.717, 1.165) is 0 Å². The van der Waals surface area contributed by atoms with Crippen molar-refractivity contribution in [3.8, 4) is 16.9 Å². The Hall–Kier alpha value is -2.72. The molecule has 0 fully saturated rings. The molecule has 0 radical (unpaired) electrons. The number of amides is 1. The highest BCUT2D eigenvalue weighted by Gasteiger charge is 2.30. The summed E-state index contributed by atoms with van der Waals surface area (Å²) < 4.78 is 32.0. The summed E-state index contributed by atoms with van der Waals surface area (Å²) in [5, 5.41) is 9.16. The SMILES string of the molecule is COc1cnc(Cl)cc1-c1cc(C)ncc1C(=O)Nc1nnc(C(C)(F)F)s1. The van der Waals surface area contributed by atoms with Crippen LogP contribution in [-0.4, -0.2) is 33.2 Å². The number of pyridine rings is 2. The predicted molar refractivity (Wildman–Crippen MR) is 101 cm³/mol. The second kappa shape index (κ2) is 7.72. The molecule has 0 aliphatic heterocycles. The number of aryl methyl sites for hydroxylation is 1. The summed E-state index contributed by atoms with van der Waals surface area (Å²) in [5.41, 5.74) is 1.88. The number of hydrogen-bond acceptors (Lipinski definition) is 7. The van der Waals surface area contributed by atoms with Gasteiger partial charge < -0.3 is 4.74 Å². The normalized spacial score (nSPS) is 11.4. The zero-order valence-electron chi connectivity index (χ0n) is 15.0. The molecular weight excluding hydrogens is 412 g/mol. The Balaban J connectivity index is 2.00. The van der Waals surface area contributed by atoms with Gasteiger partial charge in [0.2, 0.25) is 5.13 Å². The van der Waals surface area contributed by atoms with Crippen molar-refractivity contribution in [2.45, 2.75) is 19.8 Å². The fourth-order valence-corrected chi connectivity index (χ4v) is 3.20. The molecule has 0 saturated carbocycles. The molecule has 1 N–H and O–H groups in total. The number of ether oxygens (including phenoxy) is 1. The first kappa shape index (κ1) is 20.0. The van der Waals surface area contributed by atoms with Crippen LogP contribution in [0.1, 0.15) is 28.0 Å². The topological polar surface area (TPSA) is 89.9 Å². The third kappa shape index (κ3) is 4.23. The van der Waals surface area contributed by atoms with E-state index in [1.54, 1.807) is 19.1 Å². The third-order valence-corrected chi connectivity index (χ3v) is 4.87. The van der Waals surface area contributed by atoms with Crippen LogP contribution in [0.4, 0.5) is 13.9 Å². The Morgan fingerprint density at radius 1 is 1.21 bits per heavy atom. The van der Waals surface area contributed by atoms with E-state index in [1.807, 2.05) is 0 Å². The largest absolute Gasteiger partial charge is 0.494 e. The molecule has 3 aromatic rings. The van der Waals surface area contributed by atoms with E-state index in [4.69, 9.17) is 16.3 Å². The second-order valence-corrected chi connectivity index (χ2v) is 7.20. The van der Waals surface area contributed by atoms with E-state index in [0.29, 0.717) is 40.8 Å². The maximum atomic E-state index is 13.3. The quantitative estimate of drug-likeness (QED) is 0.612. The first-order chi connectivity index (χ1) is 13.2. The first-order valence-corrected chi connectivity index (χ1v) is 9.08. The Bertz CT molecular complexity index is 1040. The number of halogens is 3. The number of aromatic nitrogens is 4. The Morgan fingerprint density at radius 3 is 2.61 bits per heavy atom. The van der Waals surface area contributed by atoms with Crippen LogP contribution in [0, 0.1) is 6.92 Å². The molecule has 0 aromatic carbocycles. The van der Waals surface area contributed by atoms with Gasteiger partial charge in [-0.15, -0.1) is 10.2 Å².